The molecule has 1 aromatic heterocycles. The van der Waals surface area contributed by atoms with E-state index in [0.717, 1.165) is 34.2 Å². The molecule has 1 heterocycles. The van der Waals surface area contributed by atoms with Crippen LogP contribution in [0.2, 0.25) is 0 Å². The molecular weight excluding hydrogens is 329 g/mol. The third-order valence-corrected chi connectivity index (χ3v) is 6.25. The van der Waals surface area contributed by atoms with E-state index in [4.69, 9.17) is 0 Å². The number of hydrogen-bond acceptors (Lipinski definition) is 4. The van der Waals surface area contributed by atoms with Crippen LogP contribution in [0.3, 0.4) is 0 Å². The zero-order valence-electron chi connectivity index (χ0n) is 10.6. The summed E-state index contributed by atoms with van der Waals surface area (Å²) in [6, 6.07) is 0.541. The first-order valence-corrected chi connectivity index (χ1v) is 8.74. The van der Waals surface area contributed by atoms with Crippen molar-refractivity contribution >= 4 is 32.4 Å². The van der Waals surface area contributed by atoms with Crippen LogP contribution < -0.4 is 4.90 Å². The van der Waals surface area contributed by atoms with E-state index >= 15 is 0 Å². The van der Waals surface area contributed by atoms with Crippen molar-refractivity contribution < 1.29 is 4.39 Å². The van der Waals surface area contributed by atoms with Crippen LogP contribution in [-0.2, 0) is 0 Å². The van der Waals surface area contributed by atoms with Gasteiger partial charge in [0.15, 0.2) is 3.92 Å². The number of alkyl halides is 1. The molecule has 104 valence electrons. The number of anilines is 1. The summed E-state index contributed by atoms with van der Waals surface area (Å²) in [5.41, 5.74) is 0. The van der Waals surface area contributed by atoms with Crippen molar-refractivity contribution in [2.45, 2.75) is 56.8 Å². The Bertz CT molecular complexity index is 478. The highest BCUT2D eigenvalue weighted by atomic mass is 79.9. The van der Waals surface area contributed by atoms with Crippen LogP contribution in [0, 0.1) is 11.8 Å². The molecule has 0 amide bonds. The third-order valence-electron chi connectivity index (χ3n) is 4.88. The van der Waals surface area contributed by atoms with Gasteiger partial charge in [-0.25, -0.2) is 4.39 Å². The molecule has 4 atom stereocenters. The molecule has 0 N–H and O–H groups in total. The first-order chi connectivity index (χ1) is 9.22. The van der Waals surface area contributed by atoms with Crippen molar-refractivity contribution in [2.75, 3.05) is 4.90 Å². The van der Waals surface area contributed by atoms with Crippen LogP contribution in [0.5, 0.6) is 0 Å². The van der Waals surface area contributed by atoms with Crippen LogP contribution in [0.1, 0.15) is 38.5 Å². The predicted octanol–water partition coefficient (Wildman–Crippen LogP) is 3.80. The molecule has 0 aliphatic heterocycles. The molecule has 3 aliphatic carbocycles. The number of halogens is 2. The summed E-state index contributed by atoms with van der Waals surface area (Å²) >= 11 is 4.91. The minimum absolute atomic E-state index is 0.0404. The standard InChI is InChI=1S/C13H17BrFN3S/c14-12-16-17-13(19-12)18(9-3-4-9)10-6-7-1-2-8(5-7)11(10)15/h7-11H,1-6H2/t7-,8+,10+,11-/m0/s1. The fourth-order valence-corrected chi connectivity index (χ4v) is 5.11. The van der Waals surface area contributed by atoms with Crippen molar-refractivity contribution in [1.29, 1.82) is 0 Å². The first-order valence-electron chi connectivity index (χ1n) is 7.14. The van der Waals surface area contributed by atoms with E-state index in [1.807, 2.05) is 0 Å². The van der Waals surface area contributed by atoms with Gasteiger partial charge in [0.25, 0.3) is 0 Å². The van der Waals surface area contributed by atoms with Gasteiger partial charge in [0.2, 0.25) is 5.13 Å². The molecule has 0 unspecified atom stereocenters. The zero-order valence-corrected chi connectivity index (χ0v) is 13.0. The predicted molar refractivity (Wildman–Crippen MR) is 77.2 cm³/mol. The van der Waals surface area contributed by atoms with Gasteiger partial charge in [-0.05, 0) is 66.3 Å². The summed E-state index contributed by atoms with van der Waals surface area (Å²) in [6.07, 6.45) is 6.09. The summed E-state index contributed by atoms with van der Waals surface area (Å²) in [5, 5.41) is 9.19. The second-order valence-electron chi connectivity index (χ2n) is 6.16. The molecule has 1 aromatic rings. The van der Waals surface area contributed by atoms with E-state index in [9.17, 15) is 4.39 Å². The lowest BCUT2D eigenvalue weighted by molar-refractivity contribution is 0.140. The van der Waals surface area contributed by atoms with Crippen LogP contribution in [-0.4, -0.2) is 28.5 Å². The lowest BCUT2D eigenvalue weighted by Gasteiger charge is -2.39. The molecule has 0 saturated heterocycles. The lowest BCUT2D eigenvalue weighted by Crippen LogP contribution is -2.48. The van der Waals surface area contributed by atoms with E-state index in [0.29, 0.717) is 12.0 Å². The average Bonchev–Trinajstić information content (AvgIpc) is 2.99. The van der Waals surface area contributed by atoms with Gasteiger partial charge < -0.3 is 4.90 Å². The minimum atomic E-state index is -0.679. The molecule has 0 spiro atoms. The highest BCUT2D eigenvalue weighted by molar-refractivity contribution is 9.11. The third kappa shape index (κ3) is 2.20. The highest BCUT2D eigenvalue weighted by Gasteiger charge is 2.48. The molecule has 3 nitrogen and oxygen atoms in total. The van der Waals surface area contributed by atoms with E-state index in [-0.39, 0.29) is 6.04 Å². The summed E-state index contributed by atoms with van der Waals surface area (Å²) in [4.78, 5) is 2.26. The molecule has 0 aromatic carbocycles. The Hall–Kier alpha value is -0.230. The Morgan fingerprint density at radius 3 is 2.68 bits per heavy atom. The van der Waals surface area contributed by atoms with E-state index in [1.54, 1.807) is 0 Å². The molecule has 0 radical (unpaired) electrons. The van der Waals surface area contributed by atoms with Gasteiger partial charge in [0, 0.05) is 6.04 Å². The maximum atomic E-state index is 14.8. The molecule has 2 bridgehead atoms. The second-order valence-corrected chi connectivity index (χ2v) is 8.39. The van der Waals surface area contributed by atoms with E-state index in [2.05, 4.69) is 31.0 Å². The van der Waals surface area contributed by atoms with Gasteiger partial charge in [0.1, 0.15) is 6.17 Å². The maximum absolute atomic E-state index is 14.8. The van der Waals surface area contributed by atoms with Crippen LogP contribution in [0.4, 0.5) is 9.52 Å². The Labute approximate surface area is 124 Å². The topological polar surface area (TPSA) is 29.0 Å². The largest absolute Gasteiger partial charge is 0.338 e. The molecule has 19 heavy (non-hydrogen) atoms. The molecule has 6 heteroatoms. The van der Waals surface area contributed by atoms with Crippen LogP contribution in [0.15, 0.2) is 3.92 Å². The Kier molecular flexibility index (Phi) is 3.06. The fraction of sp³-hybridized carbons (Fsp3) is 0.846. The van der Waals surface area contributed by atoms with E-state index < -0.39 is 6.17 Å². The number of rotatable bonds is 3. The maximum Gasteiger partial charge on any atom is 0.209 e. The minimum Gasteiger partial charge on any atom is -0.338 e. The lowest BCUT2D eigenvalue weighted by atomic mass is 9.83. The summed E-state index contributed by atoms with van der Waals surface area (Å²) in [7, 11) is 0. The summed E-state index contributed by atoms with van der Waals surface area (Å²) in [6.45, 7) is 0. The van der Waals surface area contributed by atoms with Crippen LogP contribution in [0.25, 0.3) is 0 Å². The van der Waals surface area contributed by atoms with Gasteiger partial charge in [-0.1, -0.05) is 11.3 Å². The number of aromatic nitrogens is 2. The van der Waals surface area contributed by atoms with Crippen molar-refractivity contribution in [1.82, 2.24) is 10.2 Å². The quantitative estimate of drug-likeness (QED) is 0.834. The van der Waals surface area contributed by atoms with Crippen molar-refractivity contribution in [3.63, 3.8) is 0 Å². The van der Waals surface area contributed by atoms with Gasteiger partial charge >= 0.3 is 0 Å². The van der Waals surface area contributed by atoms with Crippen molar-refractivity contribution in [3.05, 3.63) is 3.92 Å². The monoisotopic (exact) mass is 345 g/mol. The average molecular weight is 346 g/mol. The molecule has 3 fully saturated rings. The fourth-order valence-electron chi connectivity index (χ4n) is 3.89. The zero-order chi connectivity index (χ0) is 13.0. The molecule has 4 rings (SSSR count). The van der Waals surface area contributed by atoms with Crippen LogP contribution >= 0.6 is 27.3 Å². The number of nitrogens with zero attached hydrogens (tertiary/aromatic N) is 3. The van der Waals surface area contributed by atoms with Gasteiger partial charge in [0.05, 0.1) is 6.04 Å². The van der Waals surface area contributed by atoms with Gasteiger partial charge in [-0.2, -0.15) is 0 Å². The summed E-state index contributed by atoms with van der Waals surface area (Å²) in [5.74, 6) is 1.03. The van der Waals surface area contributed by atoms with E-state index in [1.165, 1.54) is 30.6 Å². The second kappa shape index (κ2) is 4.65. The SMILES string of the molecule is F[C@H]1[C@@H]2CC[C@@H](C2)C[C@H]1N(c1nnc(Br)s1)C1CC1. The number of hydrogen-bond donors (Lipinski definition) is 0. The summed E-state index contributed by atoms with van der Waals surface area (Å²) < 4.78 is 15.6. The number of fused-ring (bicyclic) bond motifs is 2. The Morgan fingerprint density at radius 2 is 2.00 bits per heavy atom. The smallest absolute Gasteiger partial charge is 0.209 e. The van der Waals surface area contributed by atoms with Crippen molar-refractivity contribution in [3.8, 4) is 0 Å². The first kappa shape index (κ1) is 12.5. The van der Waals surface area contributed by atoms with Gasteiger partial charge in [-0.15, -0.1) is 10.2 Å². The van der Waals surface area contributed by atoms with Crippen molar-refractivity contribution in [2.24, 2.45) is 11.8 Å². The molecule has 3 aliphatic rings. The Balaban J connectivity index is 1.63. The normalized spacial score (nSPS) is 37.6. The van der Waals surface area contributed by atoms with Gasteiger partial charge in [-0.3, -0.25) is 0 Å². The molecule has 3 saturated carbocycles. The Morgan fingerprint density at radius 1 is 1.16 bits per heavy atom. The molecular formula is C13H17BrFN3S. The highest BCUT2D eigenvalue weighted by Crippen LogP contribution is 2.48.